The number of nitrogens with two attached hydrogens (primary N) is 1. The Morgan fingerprint density at radius 3 is 2.71 bits per heavy atom. The molecule has 4 nitrogen and oxygen atoms in total. The first-order valence-electron chi connectivity index (χ1n) is 6.65. The molecule has 0 aromatic carbocycles. The van der Waals surface area contributed by atoms with E-state index in [1.807, 2.05) is 11.8 Å². The largest absolute Gasteiger partial charge is 0.383 e. The third-order valence-corrected chi connectivity index (χ3v) is 3.82. The van der Waals surface area contributed by atoms with Crippen molar-refractivity contribution in [1.29, 1.82) is 0 Å². The van der Waals surface area contributed by atoms with E-state index in [1.165, 1.54) is 0 Å². The monoisotopic (exact) mass is 242 g/mol. The van der Waals surface area contributed by atoms with Gasteiger partial charge in [0.25, 0.3) is 0 Å². The summed E-state index contributed by atoms with van der Waals surface area (Å²) >= 11 is 0. The molecule has 0 aromatic heterocycles. The quantitative estimate of drug-likeness (QED) is 0.789. The van der Waals surface area contributed by atoms with Crippen LogP contribution in [0.5, 0.6) is 0 Å². The second-order valence-electron chi connectivity index (χ2n) is 5.01. The highest BCUT2D eigenvalue weighted by Gasteiger charge is 2.35. The van der Waals surface area contributed by atoms with Crippen molar-refractivity contribution in [2.45, 2.75) is 39.2 Å². The van der Waals surface area contributed by atoms with E-state index < -0.39 is 0 Å². The van der Waals surface area contributed by atoms with E-state index in [-0.39, 0.29) is 17.9 Å². The third-order valence-electron chi connectivity index (χ3n) is 3.82. The Bertz CT molecular complexity index is 236. The number of carbonyl (C=O) groups excluding carboxylic acids is 1. The molecular formula is C13H26N2O2. The van der Waals surface area contributed by atoms with Crippen molar-refractivity contribution in [2.75, 3.05) is 26.8 Å². The SMILES string of the molecule is CCN(CCOC)C(=O)C1C(C)CCCC1N. The fourth-order valence-electron chi connectivity index (χ4n) is 2.72. The van der Waals surface area contributed by atoms with E-state index in [2.05, 4.69) is 6.92 Å². The van der Waals surface area contributed by atoms with Crippen LogP contribution in [0.25, 0.3) is 0 Å². The summed E-state index contributed by atoms with van der Waals surface area (Å²) in [6.45, 7) is 6.15. The Labute approximate surface area is 104 Å². The minimum Gasteiger partial charge on any atom is -0.383 e. The Morgan fingerprint density at radius 1 is 1.47 bits per heavy atom. The molecule has 0 spiro atoms. The van der Waals surface area contributed by atoms with Gasteiger partial charge >= 0.3 is 0 Å². The van der Waals surface area contributed by atoms with Gasteiger partial charge in [0.05, 0.1) is 12.5 Å². The molecule has 0 bridgehead atoms. The number of methoxy groups -OCH3 is 1. The molecule has 0 saturated heterocycles. The highest BCUT2D eigenvalue weighted by atomic mass is 16.5. The van der Waals surface area contributed by atoms with Gasteiger partial charge < -0.3 is 15.4 Å². The number of likely N-dealkylation sites (N-methyl/N-ethyl adjacent to an activating group) is 1. The van der Waals surface area contributed by atoms with Crippen molar-refractivity contribution in [3.8, 4) is 0 Å². The second-order valence-corrected chi connectivity index (χ2v) is 5.01. The molecule has 2 N–H and O–H groups in total. The van der Waals surface area contributed by atoms with Gasteiger partial charge in [-0.25, -0.2) is 0 Å². The second kappa shape index (κ2) is 6.97. The van der Waals surface area contributed by atoms with Crippen LogP contribution in [0.1, 0.15) is 33.1 Å². The lowest BCUT2D eigenvalue weighted by atomic mass is 9.76. The summed E-state index contributed by atoms with van der Waals surface area (Å²) in [6, 6.07) is 0.0304. The molecular weight excluding hydrogens is 216 g/mol. The van der Waals surface area contributed by atoms with Crippen LogP contribution in [0.4, 0.5) is 0 Å². The van der Waals surface area contributed by atoms with Crippen LogP contribution in [0.15, 0.2) is 0 Å². The van der Waals surface area contributed by atoms with Gasteiger partial charge in [0.15, 0.2) is 0 Å². The summed E-state index contributed by atoms with van der Waals surface area (Å²) in [5, 5.41) is 0. The van der Waals surface area contributed by atoms with Crippen LogP contribution in [-0.4, -0.2) is 43.7 Å². The molecule has 3 unspecified atom stereocenters. The summed E-state index contributed by atoms with van der Waals surface area (Å²) in [6.07, 6.45) is 3.24. The zero-order chi connectivity index (χ0) is 12.8. The van der Waals surface area contributed by atoms with Crippen LogP contribution in [0.2, 0.25) is 0 Å². The van der Waals surface area contributed by atoms with E-state index in [9.17, 15) is 4.79 Å². The highest BCUT2D eigenvalue weighted by Crippen LogP contribution is 2.30. The Kier molecular flexibility index (Phi) is 5.92. The van der Waals surface area contributed by atoms with Crippen LogP contribution in [0.3, 0.4) is 0 Å². The molecule has 0 radical (unpaired) electrons. The van der Waals surface area contributed by atoms with Gasteiger partial charge in [0, 0.05) is 26.2 Å². The van der Waals surface area contributed by atoms with Crippen molar-refractivity contribution in [1.82, 2.24) is 4.90 Å². The van der Waals surface area contributed by atoms with Crippen LogP contribution >= 0.6 is 0 Å². The zero-order valence-electron chi connectivity index (χ0n) is 11.3. The van der Waals surface area contributed by atoms with Gasteiger partial charge in [-0.15, -0.1) is 0 Å². The summed E-state index contributed by atoms with van der Waals surface area (Å²) in [7, 11) is 1.66. The van der Waals surface area contributed by atoms with Crippen LogP contribution < -0.4 is 5.73 Å². The number of nitrogens with zero attached hydrogens (tertiary/aromatic N) is 1. The number of amides is 1. The molecule has 4 heteroatoms. The van der Waals surface area contributed by atoms with Gasteiger partial charge in [-0.05, 0) is 25.7 Å². The van der Waals surface area contributed by atoms with Crippen molar-refractivity contribution in [3.63, 3.8) is 0 Å². The third kappa shape index (κ3) is 3.68. The number of carbonyl (C=O) groups is 1. The Hall–Kier alpha value is -0.610. The van der Waals surface area contributed by atoms with Gasteiger partial charge in [-0.2, -0.15) is 0 Å². The first-order valence-corrected chi connectivity index (χ1v) is 6.65. The van der Waals surface area contributed by atoms with Gasteiger partial charge in [0.2, 0.25) is 5.91 Å². The molecule has 1 amide bonds. The fraction of sp³-hybridized carbons (Fsp3) is 0.923. The van der Waals surface area contributed by atoms with Crippen molar-refractivity contribution < 1.29 is 9.53 Å². The summed E-state index contributed by atoms with van der Waals surface area (Å²) in [5.74, 6) is 0.618. The summed E-state index contributed by atoms with van der Waals surface area (Å²) in [4.78, 5) is 14.3. The average molecular weight is 242 g/mol. The summed E-state index contributed by atoms with van der Waals surface area (Å²) in [5.41, 5.74) is 6.11. The number of rotatable bonds is 5. The van der Waals surface area contributed by atoms with Crippen molar-refractivity contribution in [3.05, 3.63) is 0 Å². The minimum atomic E-state index is 0.000515. The Morgan fingerprint density at radius 2 is 2.18 bits per heavy atom. The number of ether oxygens (including phenoxy) is 1. The molecule has 1 aliphatic rings. The normalized spacial score (nSPS) is 29.1. The molecule has 1 fully saturated rings. The molecule has 0 heterocycles. The number of hydrogen-bond acceptors (Lipinski definition) is 3. The molecule has 3 atom stereocenters. The lowest BCUT2D eigenvalue weighted by Crippen LogP contribution is -2.49. The molecule has 1 aliphatic carbocycles. The average Bonchev–Trinajstić information content (AvgIpc) is 2.30. The van der Waals surface area contributed by atoms with E-state index >= 15 is 0 Å². The van der Waals surface area contributed by atoms with Gasteiger partial charge in [0.1, 0.15) is 0 Å². The Balaban J connectivity index is 2.64. The maximum Gasteiger partial charge on any atom is 0.227 e. The first-order chi connectivity index (χ1) is 8.11. The molecule has 100 valence electrons. The fourth-order valence-corrected chi connectivity index (χ4v) is 2.72. The molecule has 1 rings (SSSR count). The summed E-state index contributed by atoms with van der Waals surface area (Å²) < 4.78 is 5.04. The number of hydrogen-bond donors (Lipinski definition) is 1. The maximum atomic E-state index is 12.4. The molecule has 0 aliphatic heterocycles. The lowest BCUT2D eigenvalue weighted by Gasteiger charge is -2.36. The van der Waals surface area contributed by atoms with E-state index in [1.54, 1.807) is 7.11 Å². The van der Waals surface area contributed by atoms with Crippen molar-refractivity contribution in [2.24, 2.45) is 17.6 Å². The minimum absolute atomic E-state index is 0.000515. The van der Waals surface area contributed by atoms with Crippen LogP contribution in [0, 0.1) is 11.8 Å². The van der Waals surface area contributed by atoms with Gasteiger partial charge in [-0.1, -0.05) is 13.3 Å². The zero-order valence-corrected chi connectivity index (χ0v) is 11.3. The predicted molar refractivity (Wildman–Crippen MR) is 68.6 cm³/mol. The predicted octanol–water partition coefficient (Wildman–Crippen LogP) is 1.24. The van der Waals surface area contributed by atoms with Gasteiger partial charge in [-0.3, -0.25) is 4.79 Å². The molecule has 1 saturated carbocycles. The smallest absolute Gasteiger partial charge is 0.227 e. The van der Waals surface area contributed by atoms with E-state index in [4.69, 9.17) is 10.5 Å². The topological polar surface area (TPSA) is 55.6 Å². The van der Waals surface area contributed by atoms with Crippen LogP contribution in [-0.2, 0) is 9.53 Å². The maximum absolute atomic E-state index is 12.4. The molecule has 0 aromatic rings. The van der Waals surface area contributed by atoms with Crippen molar-refractivity contribution >= 4 is 5.91 Å². The van der Waals surface area contributed by atoms with E-state index in [0.717, 1.165) is 25.8 Å². The lowest BCUT2D eigenvalue weighted by molar-refractivity contribution is -0.139. The highest BCUT2D eigenvalue weighted by molar-refractivity contribution is 5.80. The molecule has 17 heavy (non-hydrogen) atoms. The van der Waals surface area contributed by atoms with E-state index in [0.29, 0.717) is 19.1 Å². The standard InChI is InChI=1S/C13H26N2O2/c1-4-15(8-9-17-3)13(16)12-10(2)6-5-7-11(12)14/h10-12H,4-9,14H2,1-3H3. The first kappa shape index (κ1) is 14.5.